The zero-order valence-electron chi connectivity index (χ0n) is 15.6. The summed E-state index contributed by atoms with van der Waals surface area (Å²) in [4.78, 5) is 25.1. The van der Waals surface area contributed by atoms with Gasteiger partial charge in [-0.2, -0.15) is 0 Å². The van der Waals surface area contributed by atoms with Gasteiger partial charge < -0.3 is 4.74 Å². The van der Waals surface area contributed by atoms with Crippen LogP contribution < -0.4 is 15.6 Å². The van der Waals surface area contributed by atoms with Crippen molar-refractivity contribution in [2.24, 2.45) is 5.92 Å². The van der Waals surface area contributed by atoms with Crippen molar-refractivity contribution in [2.45, 2.75) is 20.3 Å². The van der Waals surface area contributed by atoms with E-state index in [0.717, 1.165) is 16.5 Å². The lowest BCUT2D eigenvalue weighted by Crippen LogP contribution is -2.41. The molecule has 0 bridgehead atoms. The molecule has 28 heavy (non-hydrogen) atoms. The second-order valence-corrected chi connectivity index (χ2v) is 8.14. The van der Waals surface area contributed by atoms with E-state index < -0.39 is 11.8 Å². The molecule has 0 spiro atoms. The van der Waals surface area contributed by atoms with Gasteiger partial charge in [0.2, 0.25) is 0 Å². The summed E-state index contributed by atoms with van der Waals surface area (Å²) in [6, 6.07) is 14.3. The van der Waals surface area contributed by atoms with Crippen molar-refractivity contribution in [3.8, 4) is 5.75 Å². The van der Waals surface area contributed by atoms with Crippen molar-refractivity contribution >= 4 is 44.8 Å². The molecule has 5 nitrogen and oxygen atoms in total. The molecule has 0 saturated carbocycles. The highest BCUT2D eigenvalue weighted by Gasteiger charge is 2.17. The Kier molecular flexibility index (Phi) is 6.54. The van der Waals surface area contributed by atoms with Gasteiger partial charge in [-0.05, 0) is 36.6 Å². The van der Waals surface area contributed by atoms with Crippen LogP contribution in [0.15, 0.2) is 48.5 Å². The Hall–Kier alpha value is -2.57. The molecule has 3 rings (SSSR count). The van der Waals surface area contributed by atoms with Crippen LogP contribution in [-0.2, 0) is 0 Å². The number of benzene rings is 2. The van der Waals surface area contributed by atoms with Crippen LogP contribution in [0.25, 0.3) is 10.1 Å². The Morgan fingerprint density at radius 2 is 1.82 bits per heavy atom. The maximum atomic E-state index is 12.4. The molecule has 7 heteroatoms. The maximum Gasteiger partial charge on any atom is 0.281 e. The summed E-state index contributed by atoms with van der Waals surface area (Å²) in [7, 11) is 0. The highest BCUT2D eigenvalue weighted by Crippen LogP contribution is 2.34. The van der Waals surface area contributed by atoms with E-state index in [0.29, 0.717) is 33.7 Å². The van der Waals surface area contributed by atoms with Gasteiger partial charge in [0, 0.05) is 15.6 Å². The third-order valence-corrected chi connectivity index (χ3v) is 5.77. The second kappa shape index (κ2) is 9.08. The molecule has 0 aliphatic carbocycles. The minimum atomic E-state index is -0.455. The molecule has 2 aromatic carbocycles. The molecule has 146 valence electrons. The molecule has 0 radical (unpaired) electrons. The molecule has 3 aromatic rings. The van der Waals surface area contributed by atoms with Gasteiger partial charge in [-0.25, -0.2) is 0 Å². The third kappa shape index (κ3) is 4.82. The van der Waals surface area contributed by atoms with Crippen molar-refractivity contribution in [1.29, 1.82) is 0 Å². The van der Waals surface area contributed by atoms with Crippen LogP contribution in [0.2, 0.25) is 5.02 Å². The molecule has 0 unspecified atom stereocenters. The molecule has 0 atom stereocenters. The van der Waals surface area contributed by atoms with Crippen LogP contribution in [0.3, 0.4) is 0 Å². The van der Waals surface area contributed by atoms with Crippen molar-refractivity contribution in [1.82, 2.24) is 10.9 Å². The fraction of sp³-hybridized carbons (Fsp3) is 0.238. The first-order chi connectivity index (χ1) is 13.5. The minimum absolute atomic E-state index is 0.355. The Balaban J connectivity index is 1.61. The molecule has 0 aliphatic rings. The molecule has 0 fully saturated rings. The largest absolute Gasteiger partial charge is 0.494 e. The van der Waals surface area contributed by atoms with Crippen LogP contribution in [0.5, 0.6) is 5.75 Å². The van der Waals surface area contributed by atoms with Gasteiger partial charge in [0.05, 0.1) is 11.6 Å². The van der Waals surface area contributed by atoms with Gasteiger partial charge in [0.25, 0.3) is 11.8 Å². The lowest BCUT2D eigenvalue weighted by atomic mass is 10.1. The molecule has 0 aliphatic heterocycles. The van der Waals surface area contributed by atoms with E-state index in [-0.39, 0.29) is 0 Å². The van der Waals surface area contributed by atoms with Crippen molar-refractivity contribution in [3.63, 3.8) is 0 Å². The molecule has 1 heterocycles. The monoisotopic (exact) mass is 416 g/mol. The maximum absolute atomic E-state index is 12.4. The number of rotatable bonds is 6. The molecule has 1 aromatic heterocycles. The zero-order valence-corrected chi connectivity index (χ0v) is 17.2. The summed E-state index contributed by atoms with van der Waals surface area (Å²) in [5.74, 6) is 0.276. The summed E-state index contributed by atoms with van der Waals surface area (Å²) in [5, 5.41) is 1.20. The topological polar surface area (TPSA) is 67.4 Å². The molecular formula is C21H21ClN2O3S. The third-order valence-electron chi connectivity index (χ3n) is 4.09. The summed E-state index contributed by atoms with van der Waals surface area (Å²) in [6.07, 6.45) is 0.933. The second-order valence-electron chi connectivity index (χ2n) is 6.71. The molecule has 0 saturated heterocycles. The summed E-state index contributed by atoms with van der Waals surface area (Å²) in [5.41, 5.74) is 5.24. The van der Waals surface area contributed by atoms with Gasteiger partial charge in [-0.15, -0.1) is 11.3 Å². The number of carbonyl (C=O) groups is 2. The quantitative estimate of drug-likeness (QED) is 0.552. The Morgan fingerprint density at radius 3 is 2.57 bits per heavy atom. The van der Waals surface area contributed by atoms with Crippen LogP contribution in [0, 0.1) is 5.92 Å². The standard InChI is InChI=1S/C21H21ClN2O3S/c1-13(2)10-11-27-15-7-5-6-14(12-15)20(25)23-24-21(26)19-18(22)16-8-3-4-9-17(16)28-19/h3-9,12-13H,10-11H2,1-2H3,(H,23,25)(H,24,26). The molecule has 2 N–H and O–H groups in total. The van der Waals surface area contributed by atoms with Crippen LogP contribution in [0.4, 0.5) is 0 Å². The van der Waals surface area contributed by atoms with Gasteiger partial charge >= 0.3 is 0 Å². The fourth-order valence-corrected chi connectivity index (χ4v) is 3.95. The number of halogens is 1. The number of hydrazine groups is 1. The first-order valence-electron chi connectivity index (χ1n) is 8.96. The normalized spacial score (nSPS) is 10.9. The van der Waals surface area contributed by atoms with Crippen LogP contribution >= 0.6 is 22.9 Å². The number of carbonyl (C=O) groups excluding carboxylic acids is 2. The number of amides is 2. The van der Waals surface area contributed by atoms with E-state index in [4.69, 9.17) is 16.3 Å². The first-order valence-corrected chi connectivity index (χ1v) is 10.2. The van der Waals surface area contributed by atoms with Gasteiger partial charge in [-0.3, -0.25) is 20.4 Å². The molecule has 2 amide bonds. The van der Waals surface area contributed by atoms with E-state index in [2.05, 4.69) is 24.7 Å². The average Bonchev–Trinajstić information content (AvgIpc) is 3.03. The van der Waals surface area contributed by atoms with Crippen molar-refractivity contribution < 1.29 is 14.3 Å². The predicted octanol–water partition coefficient (Wildman–Crippen LogP) is 5.05. The number of nitrogens with one attached hydrogen (secondary N) is 2. The van der Waals surface area contributed by atoms with E-state index in [1.165, 1.54) is 11.3 Å². The lowest BCUT2D eigenvalue weighted by Gasteiger charge is -2.10. The number of hydrogen-bond acceptors (Lipinski definition) is 4. The van der Waals surface area contributed by atoms with Crippen LogP contribution in [-0.4, -0.2) is 18.4 Å². The lowest BCUT2D eigenvalue weighted by molar-refractivity contribution is 0.0849. The average molecular weight is 417 g/mol. The zero-order chi connectivity index (χ0) is 20.1. The smallest absolute Gasteiger partial charge is 0.281 e. The highest BCUT2D eigenvalue weighted by molar-refractivity contribution is 7.21. The first kappa shape index (κ1) is 20.2. The highest BCUT2D eigenvalue weighted by atomic mass is 35.5. The van der Waals surface area contributed by atoms with Crippen molar-refractivity contribution in [2.75, 3.05) is 6.61 Å². The van der Waals surface area contributed by atoms with Gasteiger partial charge in [0.1, 0.15) is 10.6 Å². The minimum Gasteiger partial charge on any atom is -0.494 e. The number of ether oxygens (including phenoxy) is 1. The Labute approximate surface area is 172 Å². The van der Waals surface area contributed by atoms with E-state index in [9.17, 15) is 9.59 Å². The van der Waals surface area contributed by atoms with E-state index in [1.54, 1.807) is 24.3 Å². The van der Waals surface area contributed by atoms with E-state index >= 15 is 0 Å². The van der Waals surface area contributed by atoms with E-state index in [1.807, 2.05) is 24.3 Å². The fourth-order valence-electron chi connectivity index (χ4n) is 2.54. The van der Waals surface area contributed by atoms with Crippen molar-refractivity contribution in [3.05, 3.63) is 64.0 Å². The Bertz CT molecular complexity index is 1000. The number of thiophene rings is 1. The number of hydrogen-bond donors (Lipinski definition) is 2. The number of fused-ring (bicyclic) bond motifs is 1. The van der Waals surface area contributed by atoms with Gasteiger partial charge in [0.15, 0.2) is 0 Å². The van der Waals surface area contributed by atoms with Crippen LogP contribution in [0.1, 0.15) is 40.3 Å². The summed E-state index contributed by atoms with van der Waals surface area (Å²) in [6.45, 7) is 4.83. The summed E-state index contributed by atoms with van der Waals surface area (Å²) < 4.78 is 6.58. The molecular weight excluding hydrogens is 396 g/mol. The summed E-state index contributed by atoms with van der Waals surface area (Å²) >= 11 is 7.57. The Morgan fingerprint density at radius 1 is 1.07 bits per heavy atom. The predicted molar refractivity (Wildman–Crippen MR) is 113 cm³/mol. The van der Waals surface area contributed by atoms with Gasteiger partial charge in [-0.1, -0.05) is 49.7 Å². The SMILES string of the molecule is CC(C)CCOc1cccc(C(=O)NNC(=O)c2sc3ccccc3c2Cl)c1.